The predicted molar refractivity (Wildman–Crippen MR) is 279 cm³/mol. The van der Waals surface area contributed by atoms with Crippen LogP contribution in [0.5, 0.6) is 5.75 Å². The molecule has 2 amide bonds. The van der Waals surface area contributed by atoms with Gasteiger partial charge in [0.15, 0.2) is 10.3 Å². The van der Waals surface area contributed by atoms with Crippen LogP contribution in [0, 0.1) is 0 Å². The maximum absolute atomic E-state index is 12.5. The highest BCUT2D eigenvalue weighted by molar-refractivity contribution is 7.99. The molecule has 0 radical (unpaired) electrons. The van der Waals surface area contributed by atoms with E-state index in [1.165, 1.54) is 11.1 Å². The molecule has 2 heterocycles. The minimum absolute atomic E-state index is 0.00723. The van der Waals surface area contributed by atoms with Gasteiger partial charge in [-0.2, -0.15) is 0 Å². The first-order chi connectivity index (χ1) is 33.8. The zero-order valence-electron chi connectivity index (χ0n) is 38.3. The molecule has 0 saturated heterocycles. The molecule has 0 aliphatic rings. The number of benzene rings is 6. The SMILES string of the molecule is COc1ccccc1CNC(=O)CCCc1nnc(SCCc2ccccc2)n1-c1cccc(Cl)c1.O=C(CCCc1nnc(SCc2ccccc2)n1-c1cccc(Cl)c1)NCc1ccccc1. The zero-order valence-corrected chi connectivity index (χ0v) is 41.5. The smallest absolute Gasteiger partial charge is 0.220 e. The molecule has 11 nitrogen and oxygen atoms in total. The van der Waals surface area contributed by atoms with E-state index in [0.29, 0.717) is 61.7 Å². The highest BCUT2D eigenvalue weighted by atomic mass is 35.5. The van der Waals surface area contributed by atoms with Crippen LogP contribution in [0.2, 0.25) is 10.0 Å². The van der Waals surface area contributed by atoms with Crippen molar-refractivity contribution < 1.29 is 14.3 Å². The van der Waals surface area contributed by atoms with Crippen LogP contribution in [-0.2, 0) is 47.7 Å². The zero-order chi connectivity index (χ0) is 48.0. The maximum atomic E-state index is 12.5. The van der Waals surface area contributed by atoms with Crippen molar-refractivity contribution >= 4 is 58.5 Å². The molecule has 69 heavy (non-hydrogen) atoms. The average molecular weight is 998 g/mol. The summed E-state index contributed by atoms with van der Waals surface area (Å²) < 4.78 is 9.45. The second-order valence-corrected chi connectivity index (χ2v) is 18.7. The number of nitrogens with zero attached hydrogens (tertiary/aromatic N) is 6. The van der Waals surface area contributed by atoms with Crippen LogP contribution < -0.4 is 15.4 Å². The number of para-hydroxylation sites is 1. The summed E-state index contributed by atoms with van der Waals surface area (Å²) in [4.78, 5) is 24.8. The van der Waals surface area contributed by atoms with Gasteiger partial charge in [-0.3, -0.25) is 18.7 Å². The van der Waals surface area contributed by atoms with Crippen molar-refractivity contribution in [3.05, 3.63) is 208 Å². The summed E-state index contributed by atoms with van der Waals surface area (Å²) in [6.07, 6.45) is 4.38. The number of carbonyl (C=O) groups excluding carboxylic acids is 2. The van der Waals surface area contributed by atoms with Crippen LogP contribution in [0.1, 0.15) is 59.6 Å². The van der Waals surface area contributed by atoms with Crippen molar-refractivity contribution in [1.82, 2.24) is 40.2 Å². The highest BCUT2D eigenvalue weighted by Gasteiger charge is 2.18. The fourth-order valence-electron chi connectivity index (χ4n) is 7.32. The minimum atomic E-state index is -0.00723. The molecule has 0 fully saturated rings. The molecule has 0 unspecified atom stereocenters. The van der Waals surface area contributed by atoms with Crippen molar-refractivity contribution in [3.63, 3.8) is 0 Å². The molecule has 0 aliphatic heterocycles. The average Bonchev–Trinajstić information content (AvgIpc) is 3.99. The van der Waals surface area contributed by atoms with Gasteiger partial charge < -0.3 is 15.4 Å². The molecule has 15 heteroatoms. The van der Waals surface area contributed by atoms with E-state index in [-0.39, 0.29) is 11.8 Å². The minimum Gasteiger partial charge on any atom is -0.496 e. The number of rotatable bonds is 22. The first-order valence-electron chi connectivity index (χ1n) is 22.8. The lowest BCUT2D eigenvalue weighted by atomic mass is 10.2. The normalized spacial score (nSPS) is 10.8. The summed E-state index contributed by atoms with van der Waals surface area (Å²) in [5.74, 6) is 4.11. The summed E-state index contributed by atoms with van der Waals surface area (Å²) in [5, 5.41) is 26.7. The number of aromatic nitrogens is 6. The van der Waals surface area contributed by atoms with Gasteiger partial charge in [-0.05, 0) is 78.4 Å². The summed E-state index contributed by atoms with van der Waals surface area (Å²) >= 11 is 15.8. The molecule has 8 aromatic rings. The summed E-state index contributed by atoms with van der Waals surface area (Å²) in [7, 11) is 1.63. The van der Waals surface area contributed by atoms with Crippen LogP contribution in [-0.4, -0.2) is 54.2 Å². The van der Waals surface area contributed by atoms with Crippen molar-refractivity contribution in [2.24, 2.45) is 0 Å². The summed E-state index contributed by atoms with van der Waals surface area (Å²) in [6.45, 7) is 0.975. The maximum Gasteiger partial charge on any atom is 0.220 e. The number of amides is 2. The van der Waals surface area contributed by atoms with Crippen LogP contribution in [0.3, 0.4) is 0 Å². The monoisotopic (exact) mass is 996 g/mol. The van der Waals surface area contributed by atoms with E-state index in [9.17, 15) is 9.59 Å². The Hall–Kier alpha value is -6.38. The Morgan fingerprint density at radius 2 is 1.03 bits per heavy atom. The van der Waals surface area contributed by atoms with E-state index in [1.807, 2.05) is 137 Å². The molecule has 0 atom stereocenters. The van der Waals surface area contributed by atoms with E-state index in [4.69, 9.17) is 27.9 Å². The lowest BCUT2D eigenvalue weighted by Gasteiger charge is -2.11. The van der Waals surface area contributed by atoms with Crippen LogP contribution in [0.25, 0.3) is 11.4 Å². The summed E-state index contributed by atoms with van der Waals surface area (Å²) in [6, 6.07) is 53.6. The Morgan fingerprint density at radius 1 is 0.536 bits per heavy atom. The number of aryl methyl sites for hydroxylation is 3. The molecule has 0 saturated carbocycles. The molecule has 354 valence electrons. The van der Waals surface area contributed by atoms with Gasteiger partial charge in [0, 0.05) is 65.9 Å². The molecule has 8 rings (SSSR count). The first-order valence-corrected chi connectivity index (χ1v) is 25.5. The number of hydrogen-bond acceptors (Lipinski definition) is 9. The lowest BCUT2D eigenvalue weighted by Crippen LogP contribution is -2.23. The predicted octanol–water partition coefficient (Wildman–Crippen LogP) is 11.8. The van der Waals surface area contributed by atoms with Crippen molar-refractivity contribution in [1.29, 1.82) is 0 Å². The van der Waals surface area contributed by atoms with E-state index in [0.717, 1.165) is 68.1 Å². The Bertz CT molecular complexity index is 2850. The van der Waals surface area contributed by atoms with E-state index in [1.54, 1.807) is 30.6 Å². The van der Waals surface area contributed by atoms with Gasteiger partial charge in [0.1, 0.15) is 17.4 Å². The third-order valence-electron chi connectivity index (χ3n) is 10.8. The number of ether oxygens (including phenoxy) is 1. The van der Waals surface area contributed by atoms with Crippen molar-refractivity contribution in [2.75, 3.05) is 12.9 Å². The fourth-order valence-corrected chi connectivity index (χ4v) is 9.57. The Kier molecular flexibility index (Phi) is 19.7. The fraction of sp³-hybridized carbons (Fsp3) is 0.222. The molecular formula is C54H54Cl2N8O3S2. The second-order valence-electron chi connectivity index (χ2n) is 15.8. The van der Waals surface area contributed by atoms with Gasteiger partial charge in [-0.25, -0.2) is 0 Å². The standard InChI is InChI=1S/C28H29ClN4O2S.C26H25ClN4OS/c1-35-25-14-6-5-11-22(25)20-30-27(34)16-8-15-26-31-32-28(33(26)24-13-7-12-23(29)19-24)36-18-17-21-9-3-2-4-10-21;27-22-13-7-14-23(17-22)31-24(29-30-26(31)33-19-21-11-5-2-6-12-21)15-8-16-25(32)28-18-20-9-3-1-4-10-20/h2-7,9-14,19H,8,15-18,20H2,1H3,(H,30,34);1-7,9-14,17H,8,15-16,18-19H2,(H,28,32). The number of nitrogens with one attached hydrogen (secondary N) is 2. The Morgan fingerprint density at radius 3 is 1.58 bits per heavy atom. The first kappa shape index (κ1) is 50.5. The number of hydrogen-bond donors (Lipinski definition) is 2. The van der Waals surface area contributed by atoms with E-state index in [2.05, 4.69) is 67.4 Å². The van der Waals surface area contributed by atoms with Gasteiger partial charge >= 0.3 is 0 Å². The lowest BCUT2D eigenvalue weighted by molar-refractivity contribution is -0.122. The third kappa shape index (κ3) is 15.8. The molecule has 0 bridgehead atoms. The molecule has 0 spiro atoms. The van der Waals surface area contributed by atoms with Gasteiger partial charge in [0.25, 0.3) is 0 Å². The van der Waals surface area contributed by atoms with Gasteiger partial charge in [0.05, 0.1) is 18.5 Å². The molecule has 2 aromatic heterocycles. The van der Waals surface area contributed by atoms with Crippen molar-refractivity contribution in [2.45, 2.75) is 74.1 Å². The molecule has 2 N–H and O–H groups in total. The van der Waals surface area contributed by atoms with Crippen LogP contribution in [0.4, 0.5) is 0 Å². The molecule has 0 aliphatic carbocycles. The van der Waals surface area contributed by atoms with Gasteiger partial charge in [0.2, 0.25) is 11.8 Å². The number of thioether (sulfide) groups is 2. The van der Waals surface area contributed by atoms with Gasteiger partial charge in [-0.1, -0.05) is 168 Å². The Balaban J connectivity index is 0.000000205. The quantitative estimate of drug-likeness (QED) is 0.0638. The Labute approximate surface area is 422 Å². The number of methoxy groups -OCH3 is 1. The van der Waals surface area contributed by atoms with E-state index >= 15 is 0 Å². The number of halogens is 2. The summed E-state index contributed by atoms with van der Waals surface area (Å²) in [5.41, 5.74) is 6.40. The van der Waals surface area contributed by atoms with Gasteiger partial charge in [-0.15, -0.1) is 20.4 Å². The second kappa shape index (κ2) is 27.0. The van der Waals surface area contributed by atoms with E-state index < -0.39 is 0 Å². The number of carbonyl (C=O) groups is 2. The van der Waals surface area contributed by atoms with Crippen molar-refractivity contribution in [3.8, 4) is 17.1 Å². The molecule has 6 aromatic carbocycles. The largest absolute Gasteiger partial charge is 0.496 e. The topological polar surface area (TPSA) is 129 Å². The van der Waals surface area contributed by atoms with Crippen LogP contribution in [0.15, 0.2) is 174 Å². The molecular weight excluding hydrogens is 944 g/mol. The highest BCUT2D eigenvalue weighted by Crippen LogP contribution is 2.28. The van der Waals surface area contributed by atoms with Crippen LogP contribution >= 0.6 is 46.7 Å². The third-order valence-corrected chi connectivity index (χ3v) is 13.2.